The number of hydrogen-bond donors (Lipinski definition) is 2. The molecule has 0 radical (unpaired) electrons. The molecule has 7 heteroatoms. The molecule has 0 bridgehead atoms. The summed E-state index contributed by atoms with van der Waals surface area (Å²) in [6.07, 6.45) is -1.57. The fourth-order valence-corrected chi connectivity index (χ4v) is 2.11. The second-order valence-electron chi connectivity index (χ2n) is 4.77. The highest BCUT2D eigenvalue weighted by Crippen LogP contribution is 2.35. The zero-order chi connectivity index (χ0) is 15.6. The number of carboxylic acid groups (broad SMARTS) is 1. The van der Waals surface area contributed by atoms with Gasteiger partial charge in [0.25, 0.3) is 5.91 Å². The van der Waals surface area contributed by atoms with Crippen molar-refractivity contribution in [3.05, 3.63) is 23.8 Å². The minimum absolute atomic E-state index is 0.175. The fraction of sp³-hybridized carbons (Fsp3) is 0.357. The van der Waals surface area contributed by atoms with E-state index >= 15 is 0 Å². The molecule has 2 rings (SSSR count). The summed E-state index contributed by atoms with van der Waals surface area (Å²) < 4.78 is 5.45. The van der Waals surface area contributed by atoms with Crippen molar-refractivity contribution in [1.29, 1.82) is 0 Å². The van der Waals surface area contributed by atoms with Crippen LogP contribution in [0.5, 0.6) is 5.75 Å². The number of carbonyl (C=O) groups excluding carboxylic acids is 2. The van der Waals surface area contributed by atoms with Crippen LogP contribution in [0.15, 0.2) is 18.2 Å². The number of hydrogen-bond acceptors (Lipinski definition) is 4. The lowest BCUT2D eigenvalue weighted by atomic mass is 10.1. The van der Waals surface area contributed by atoms with Crippen LogP contribution in [0.2, 0.25) is 0 Å². The van der Waals surface area contributed by atoms with Crippen molar-refractivity contribution < 1.29 is 24.2 Å². The summed E-state index contributed by atoms with van der Waals surface area (Å²) >= 11 is 0. The smallest absolute Gasteiger partial charge is 0.307 e. The predicted molar refractivity (Wildman–Crippen MR) is 74.3 cm³/mol. The van der Waals surface area contributed by atoms with E-state index < -0.39 is 24.4 Å². The van der Waals surface area contributed by atoms with Crippen molar-refractivity contribution >= 4 is 23.5 Å². The molecule has 2 N–H and O–H groups in total. The van der Waals surface area contributed by atoms with E-state index in [1.807, 2.05) is 6.92 Å². The molecule has 1 aromatic carbocycles. The number of amides is 2. The Morgan fingerprint density at radius 3 is 2.76 bits per heavy atom. The number of anilines is 1. The van der Waals surface area contributed by atoms with Crippen LogP contribution < -0.4 is 15.0 Å². The summed E-state index contributed by atoms with van der Waals surface area (Å²) in [6, 6.07) is 5.19. The molecule has 0 saturated carbocycles. The summed E-state index contributed by atoms with van der Waals surface area (Å²) in [6.45, 7) is 1.68. The third-order valence-electron chi connectivity index (χ3n) is 3.16. The standard InChI is InChI=1S/C14H16N2O5/c1-8-3-4-10-9(5-8)16(7-12(17)15-2)14(20)11(21-10)6-13(18)19/h3-5,11H,6-7H2,1-2H3,(H,15,17)(H,18,19). The molecular weight excluding hydrogens is 276 g/mol. The summed E-state index contributed by atoms with van der Waals surface area (Å²) in [7, 11) is 1.47. The summed E-state index contributed by atoms with van der Waals surface area (Å²) in [5.41, 5.74) is 1.38. The minimum atomic E-state index is -1.14. The van der Waals surface area contributed by atoms with Crippen molar-refractivity contribution in [2.75, 3.05) is 18.5 Å². The molecule has 0 aliphatic carbocycles. The highest BCUT2D eigenvalue weighted by atomic mass is 16.5. The Morgan fingerprint density at radius 1 is 1.43 bits per heavy atom. The first-order valence-electron chi connectivity index (χ1n) is 6.43. The van der Waals surface area contributed by atoms with E-state index in [9.17, 15) is 14.4 Å². The van der Waals surface area contributed by atoms with Gasteiger partial charge in [0.2, 0.25) is 5.91 Å². The number of rotatable bonds is 4. The van der Waals surface area contributed by atoms with Crippen molar-refractivity contribution in [3.63, 3.8) is 0 Å². The van der Waals surface area contributed by atoms with E-state index in [-0.39, 0.29) is 12.5 Å². The van der Waals surface area contributed by atoms with Gasteiger partial charge in [0.05, 0.1) is 12.1 Å². The highest BCUT2D eigenvalue weighted by molar-refractivity contribution is 6.04. The molecule has 1 aliphatic rings. The number of aliphatic carboxylic acids is 1. The number of ether oxygens (including phenoxy) is 1. The van der Waals surface area contributed by atoms with Crippen LogP contribution in [-0.4, -0.2) is 42.6 Å². The first-order valence-corrected chi connectivity index (χ1v) is 6.43. The molecule has 1 unspecified atom stereocenters. The second-order valence-corrected chi connectivity index (χ2v) is 4.77. The van der Waals surface area contributed by atoms with Gasteiger partial charge in [0, 0.05) is 7.05 Å². The van der Waals surface area contributed by atoms with Crippen LogP contribution in [0.4, 0.5) is 5.69 Å². The molecule has 0 aromatic heterocycles. The van der Waals surface area contributed by atoms with Gasteiger partial charge in [-0.15, -0.1) is 0 Å². The van der Waals surface area contributed by atoms with Crippen LogP contribution in [0.1, 0.15) is 12.0 Å². The average Bonchev–Trinajstić information content (AvgIpc) is 2.43. The number of nitrogens with zero attached hydrogens (tertiary/aromatic N) is 1. The number of likely N-dealkylation sites (N-methyl/N-ethyl adjacent to an activating group) is 1. The lowest BCUT2D eigenvalue weighted by molar-refractivity contribution is -0.142. The third-order valence-corrected chi connectivity index (χ3v) is 3.16. The topological polar surface area (TPSA) is 95.9 Å². The van der Waals surface area contributed by atoms with Gasteiger partial charge in [0.1, 0.15) is 12.3 Å². The number of nitrogens with one attached hydrogen (secondary N) is 1. The maximum atomic E-state index is 12.3. The maximum Gasteiger partial charge on any atom is 0.307 e. The largest absolute Gasteiger partial charge is 0.481 e. The normalized spacial score (nSPS) is 17.0. The SMILES string of the molecule is CNC(=O)CN1C(=O)C(CC(=O)O)Oc2ccc(C)cc21. The molecule has 2 amide bonds. The zero-order valence-electron chi connectivity index (χ0n) is 11.8. The molecule has 1 aliphatic heterocycles. The summed E-state index contributed by atoms with van der Waals surface area (Å²) in [4.78, 5) is 36.0. The van der Waals surface area contributed by atoms with Gasteiger partial charge in [-0.05, 0) is 24.6 Å². The Bertz CT molecular complexity index is 599. The number of fused-ring (bicyclic) bond motifs is 1. The first-order chi connectivity index (χ1) is 9.92. The second kappa shape index (κ2) is 5.82. The molecule has 0 spiro atoms. The molecule has 0 saturated heterocycles. The minimum Gasteiger partial charge on any atom is -0.481 e. The van der Waals surface area contributed by atoms with E-state index in [1.165, 1.54) is 11.9 Å². The number of benzene rings is 1. The van der Waals surface area contributed by atoms with E-state index in [0.717, 1.165) is 5.56 Å². The van der Waals surface area contributed by atoms with Gasteiger partial charge in [-0.3, -0.25) is 19.3 Å². The molecule has 0 fully saturated rings. The quantitative estimate of drug-likeness (QED) is 0.832. The van der Waals surface area contributed by atoms with Crippen molar-refractivity contribution in [2.24, 2.45) is 0 Å². The highest BCUT2D eigenvalue weighted by Gasteiger charge is 2.36. The van der Waals surface area contributed by atoms with Gasteiger partial charge in [-0.2, -0.15) is 0 Å². The molecule has 112 valence electrons. The molecule has 1 aromatic rings. The molecule has 21 heavy (non-hydrogen) atoms. The van der Waals surface area contributed by atoms with Gasteiger partial charge in [0.15, 0.2) is 6.10 Å². The fourth-order valence-electron chi connectivity index (χ4n) is 2.11. The zero-order valence-corrected chi connectivity index (χ0v) is 11.8. The average molecular weight is 292 g/mol. The van der Waals surface area contributed by atoms with Crippen LogP contribution >= 0.6 is 0 Å². The summed E-state index contributed by atoms with van der Waals surface area (Å²) in [5.74, 6) is -1.61. The van der Waals surface area contributed by atoms with Crippen molar-refractivity contribution in [3.8, 4) is 5.75 Å². The van der Waals surface area contributed by atoms with Gasteiger partial charge < -0.3 is 15.2 Å². The number of carboxylic acids is 1. The van der Waals surface area contributed by atoms with Crippen LogP contribution in [-0.2, 0) is 14.4 Å². The molecule has 1 heterocycles. The maximum absolute atomic E-state index is 12.3. The van der Waals surface area contributed by atoms with Gasteiger partial charge in [-0.1, -0.05) is 6.07 Å². The molecular formula is C14H16N2O5. The predicted octanol–water partition coefficient (Wildman–Crippen LogP) is 0.310. The Kier molecular flexibility index (Phi) is 4.11. The Morgan fingerprint density at radius 2 is 2.14 bits per heavy atom. The van der Waals surface area contributed by atoms with Gasteiger partial charge >= 0.3 is 5.97 Å². The first kappa shape index (κ1) is 14.8. The van der Waals surface area contributed by atoms with Crippen molar-refractivity contribution in [2.45, 2.75) is 19.4 Å². The van der Waals surface area contributed by atoms with E-state index in [4.69, 9.17) is 9.84 Å². The van der Waals surface area contributed by atoms with E-state index in [2.05, 4.69) is 5.32 Å². The lowest BCUT2D eigenvalue weighted by Gasteiger charge is -2.33. The number of aryl methyl sites for hydroxylation is 1. The monoisotopic (exact) mass is 292 g/mol. The van der Waals surface area contributed by atoms with E-state index in [1.54, 1.807) is 18.2 Å². The van der Waals surface area contributed by atoms with E-state index in [0.29, 0.717) is 11.4 Å². The van der Waals surface area contributed by atoms with Crippen LogP contribution in [0.25, 0.3) is 0 Å². The van der Waals surface area contributed by atoms with Crippen LogP contribution in [0, 0.1) is 6.92 Å². The van der Waals surface area contributed by atoms with Crippen molar-refractivity contribution in [1.82, 2.24) is 5.32 Å². The summed E-state index contributed by atoms with van der Waals surface area (Å²) in [5, 5.41) is 11.3. The van der Waals surface area contributed by atoms with Gasteiger partial charge in [-0.25, -0.2) is 0 Å². The lowest BCUT2D eigenvalue weighted by Crippen LogP contribution is -2.50. The third kappa shape index (κ3) is 3.13. The van der Waals surface area contributed by atoms with Crippen LogP contribution in [0.3, 0.4) is 0 Å². The Labute approximate surface area is 121 Å². The Hall–Kier alpha value is -2.57. The Balaban J connectivity index is 2.39. The molecule has 1 atom stereocenters. The number of carbonyl (C=O) groups is 3. The molecule has 7 nitrogen and oxygen atoms in total.